The number of carbonyl (C=O) groups excluding carboxylic acids is 1. The molecule has 0 aromatic carbocycles. The zero-order valence-corrected chi connectivity index (χ0v) is 12.5. The van der Waals surface area contributed by atoms with E-state index in [2.05, 4.69) is 10.6 Å². The zero-order valence-electron chi connectivity index (χ0n) is 12.5. The van der Waals surface area contributed by atoms with Crippen LogP contribution >= 0.6 is 0 Å². The quantitative estimate of drug-likeness (QED) is 0.626. The Hall–Kier alpha value is -1.30. The Bertz CT molecular complexity index is 344. The summed E-state index contributed by atoms with van der Waals surface area (Å²) < 4.78 is 0. The molecule has 20 heavy (non-hydrogen) atoms. The van der Waals surface area contributed by atoms with Crippen LogP contribution in [-0.2, 0) is 4.79 Å². The van der Waals surface area contributed by atoms with Crippen LogP contribution in [0.2, 0.25) is 0 Å². The third-order valence-electron chi connectivity index (χ3n) is 3.87. The SMILES string of the molecule is CC(C)(C)C(O)CNC(=O)NC1CCC(C(=O)O)CC1. The van der Waals surface area contributed by atoms with Crippen LogP contribution in [0.15, 0.2) is 0 Å². The van der Waals surface area contributed by atoms with Gasteiger partial charge in [-0.2, -0.15) is 0 Å². The summed E-state index contributed by atoms with van der Waals surface area (Å²) in [5.41, 5.74) is -0.271. The van der Waals surface area contributed by atoms with Crippen LogP contribution in [0.5, 0.6) is 0 Å². The van der Waals surface area contributed by atoms with Crippen LogP contribution < -0.4 is 10.6 Å². The molecule has 0 aliphatic heterocycles. The highest BCUT2D eigenvalue weighted by molar-refractivity contribution is 5.74. The molecule has 6 nitrogen and oxygen atoms in total. The van der Waals surface area contributed by atoms with Crippen LogP contribution in [0.4, 0.5) is 4.79 Å². The summed E-state index contributed by atoms with van der Waals surface area (Å²) in [7, 11) is 0. The Balaban J connectivity index is 2.25. The van der Waals surface area contributed by atoms with E-state index in [0.29, 0.717) is 25.7 Å². The Morgan fingerprint density at radius 1 is 1.20 bits per heavy atom. The third-order valence-corrected chi connectivity index (χ3v) is 3.87. The first-order chi connectivity index (χ1) is 9.20. The third kappa shape index (κ3) is 5.36. The predicted octanol–water partition coefficient (Wildman–Crippen LogP) is 1.34. The summed E-state index contributed by atoms with van der Waals surface area (Å²) in [6.07, 6.45) is 1.98. The average Bonchev–Trinajstić information content (AvgIpc) is 2.35. The Morgan fingerprint density at radius 2 is 1.75 bits per heavy atom. The van der Waals surface area contributed by atoms with Gasteiger partial charge in [-0.3, -0.25) is 4.79 Å². The number of hydrogen-bond donors (Lipinski definition) is 4. The minimum Gasteiger partial charge on any atom is -0.481 e. The summed E-state index contributed by atoms with van der Waals surface area (Å²) in [6, 6.07) is -0.274. The highest BCUT2D eigenvalue weighted by atomic mass is 16.4. The molecule has 0 saturated heterocycles. The van der Waals surface area contributed by atoms with E-state index in [0.717, 1.165) is 0 Å². The van der Waals surface area contributed by atoms with E-state index in [4.69, 9.17) is 5.11 Å². The van der Waals surface area contributed by atoms with Crippen molar-refractivity contribution in [2.24, 2.45) is 11.3 Å². The van der Waals surface area contributed by atoms with Gasteiger partial charge in [-0.15, -0.1) is 0 Å². The first kappa shape index (κ1) is 16.8. The van der Waals surface area contributed by atoms with Crippen molar-refractivity contribution in [3.05, 3.63) is 0 Å². The number of carbonyl (C=O) groups is 2. The van der Waals surface area contributed by atoms with E-state index in [9.17, 15) is 14.7 Å². The maximum absolute atomic E-state index is 11.7. The van der Waals surface area contributed by atoms with Gasteiger partial charge >= 0.3 is 12.0 Å². The standard InChI is InChI=1S/C14H26N2O4/c1-14(2,3)11(17)8-15-13(20)16-10-6-4-9(5-7-10)12(18)19/h9-11,17H,4-8H2,1-3H3,(H,18,19)(H2,15,16,20). The lowest BCUT2D eigenvalue weighted by Crippen LogP contribution is -2.47. The second-order valence-electron chi connectivity index (χ2n) is 6.62. The molecule has 1 fully saturated rings. The summed E-state index contributed by atoms with van der Waals surface area (Å²) in [5, 5.41) is 24.2. The van der Waals surface area contributed by atoms with Gasteiger partial charge in [0, 0.05) is 12.6 Å². The van der Waals surface area contributed by atoms with Gasteiger partial charge < -0.3 is 20.8 Å². The van der Waals surface area contributed by atoms with Gasteiger partial charge in [-0.1, -0.05) is 20.8 Å². The number of nitrogens with one attached hydrogen (secondary N) is 2. The van der Waals surface area contributed by atoms with Crippen molar-refractivity contribution >= 4 is 12.0 Å². The van der Waals surface area contributed by atoms with Crippen molar-refractivity contribution < 1.29 is 19.8 Å². The number of carboxylic acid groups (broad SMARTS) is 1. The molecule has 1 unspecified atom stereocenters. The van der Waals surface area contributed by atoms with Gasteiger partial charge in [0.05, 0.1) is 12.0 Å². The maximum Gasteiger partial charge on any atom is 0.315 e. The van der Waals surface area contributed by atoms with Gasteiger partial charge in [0.15, 0.2) is 0 Å². The molecule has 1 atom stereocenters. The van der Waals surface area contributed by atoms with E-state index in [1.165, 1.54) is 0 Å². The molecule has 0 aromatic rings. The fourth-order valence-electron chi connectivity index (χ4n) is 2.22. The normalized spacial score (nSPS) is 24.8. The molecule has 116 valence electrons. The maximum atomic E-state index is 11.7. The highest BCUT2D eigenvalue weighted by Gasteiger charge is 2.27. The van der Waals surface area contributed by atoms with E-state index >= 15 is 0 Å². The summed E-state index contributed by atoms with van der Waals surface area (Å²) in [6.45, 7) is 5.93. The van der Waals surface area contributed by atoms with Crippen LogP contribution in [-0.4, -0.2) is 40.9 Å². The zero-order chi connectivity index (χ0) is 15.3. The van der Waals surface area contributed by atoms with Crippen molar-refractivity contribution in [2.45, 2.75) is 58.6 Å². The van der Waals surface area contributed by atoms with E-state index in [-0.39, 0.29) is 30.0 Å². The Kier molecular flexibility index (Phi) is 5.80. The van der Waals surface area contributed by atoms with Crippen LogP contribution in [0, 0.1) is 11.3 Å². The number of aliphatic hydroxyl groups excluding tert-OH is 1. The second-order valence-corrected chi connectivity index (χ2v) is 6.62. The number of aliphatic hydroxyl groups is 1. The molecular weight excluding hydrogens is 260 g/mol. The number of hydrogen-bond acceptors (Lipinski definition) is 3. The minimum atomic E-state index is -0.749. The number of aliphatic carboxylic acids is 1. The molecule has 1 aliphatic rings. The number of carboxylic acids is 1. The molecule has 4 N–H and O–H groups in total. The fourth-order valence-corrected chi connectivity index (χ4v) is 2.22. The van der Waals surface area contributed by atoms with Gasteiger partial charge in [0.25, 0.3) is 0 Å². The molecule has 2 amide bonds. The monoisotopic (exact) mass is 286 g/mol. The van der Waals surface area contributed by atoms with E-state index in [1.54, 1.807) is 0 Å². The molecule has 0 bridgehead atoms. The van der Waals surface area contributed by atoms with Gasteiger partial charge in [0.1, 0.15) is 0 Å². The molecule has 0 aromatic heterocycles. The molecule has 1 aliphatic carbocycles. The van der Waals surface area contributed by atoms with Crippen LogP contribution in [0.1, 0.15) is 46.5 Å². The predicted molar refractivity (Wildman–Crippen MR) is 75.4 cm³/mol. The fraction of sp³-hybridized carbons (Fsp3) is 0.857. The van der Waals surface area contributed by atoms with Crippen LogP contribution in [0.3, 0.4) is 0 Å². The summed E-state index contributed by atoms with van der Waals surface area (Å²) >= 11 is 0. The average molecular weight is 286 g/mol. The number of amides is 2. The van der Waals surface area contributed by atoms with Crippen molar-refractivity contribution in [1.82, 2.24) is 10.6 Å². The van der Waals surface area contributed by atoms with Crippen molar-refractivity contribution in [1.29, 1.82) is 0 Å². The molecule has 1 rings (SSSR count). The highest BCUT2D eigenvalue weighted by Crippen LogP contribution is 2.24. The first-order valence-corrected chi connectivity index (χ1v) is 7.15. The van der Waals surface area contributed by atoms with Crippen LogP contribution in [0.25, 0.3) is 0 Å². The summed E-state index contributed by atoms with van der Waals surface area (Å²) in [5.74, 6) is -1.03. The van der Waals surface area contributed by atoms with E-state index < -0.39 is 12.1 Å². The number of rotatable bonds is 4. The Morgan fingerprint density at radius 3 is 2.20 bits per heavy atom. The lowest BCUT2D eigenvalue weighted by molar-refractivity contribution is -0.142. The molecule has 1 saturated carbocycles. The van der Waals surface area contributed by atoms with E-state index in [1.807, 2.05) is 20.8 Å². The topological polar surface area (TPSA) is 98.7 Å². The van der Waals surface area contributed by atoms with Crippen molar-refractivity contribution in [3.63, 3.8) is 0 Å². The lowest BCUT2D eigenvalue weighted by Gasteiger charge is -2.28. The lowest BCUT2D eigenvalue weighted by atomic mass is 9.86. The second kappa shape index (κ2) is 6.92. The number of urea groups is 1. The first-order valence-electron chi connectivity index (χ1n) is 7.15. The molecule has 6 heteroatoms. The molecule has 0 radical (unpaired) electrons. The smallest absolute Gasteiger partial charge is 0.315 e. The molecular formula is C14H26N2O4. The molecule has 0 spiro atoms. The van der Waals surface area contributed by atoms with Crippen molar-refractivity contribution in [3.8, 4) is 0 Å². The van der Waals surface area contributed by atoms with Crippen molar-refractivity contribution in [2.75, 3.05) is 6.54 Å². The van der Waals surface area contributed by atoms with Gasteiger partial charge in [-0.25, -0.2) is 4.79 Å². The van der Waals surface area contributed by atoms with Gasteiger partial charge in [-0.05, 0) is 31.1 Å². The Labute approximate surface area is 119 Å². The largest absolute Gasteiger partial charge is 0.481 e. The molecule has 0 heterocycles. The minimum absolute atomic E-state index is 0.0254. The van der Waals surface area contributed by atoms with Gasteiger partial charge in [0.2, 0.25) is 0 Å². The summed E-state index contributed by atoms with van der Waals surface area (Å²) in [4.78, 5) is 22.5.